The first-order valence-corrected chi connectivity index (χ1v) is 7.34. The average Bonchev–Trinajstić information content (AvgIpc) is 2.87. The number of anilines is 1. The minimum atomic E-state index is 1.08. The molecular weight excluding hydrogens is 260 g/mol. The van der Waals surface area contributed by atoms with Crippen molar-refractivity contribution in [2.24, 2.45) is 0 Å². The van der Waals surface area contributed by atoms with E-state index in [0.717, 1.165) is 16.1 Å². The lowest BCUT2D eigenvalue weighted by molar-refractivity contribution is 1.41. The van der Waals surface area contributed by atoms with Gasteiger partial charge < -0.3 is 4.72 Å². The van der Waals surface area contributed by atoms with E-state index in [0.29, 0.717) is 0 Å². The van der Waals surface area contributed by atoms with Crippen molar-refractivity contribution in [3.63, 3.8) is 0 Å². The number of nitrogens with one attached hydrogen (secondary N) is 1. The summed E-state index contributed by atoms with van der Waals surface area (Å²) >= 11 is 3.28. The number of para-hydroxylation sites is 1. The van der Waals surface area contributed by atoms with Crippen LogP contribution in [0.25, 0.3) is 10.2 Å². The van der Waals surface area contributed by atoms with Gasteiger partial charge in [-0.1, -0.05) is 23.8 Å². The first-order chi connectivity index (χ1) is 8.83. The molecule has 18 heavy (non-hydrogen) atoms. The molecule has 2 aromatic carbocycles. The minimum absolute atomic E-state index is 1.08. The lowest BCUT2D eigenvalue weighted by atomic mass is 10.2. The number of rotatable bonds is 3. The largest absolute Gasteiger partial charge is 0.326 e. The third-order valence-corrected chi connectivity index (χ3v) is 4.34. The summed E-state index contributed by atoms with van der Waals surface area (Å²) in [7, 11) is 0. The number of hydrogen-bond acceptors (Lipinski definition) is 4. The molecule has 0 saturated heterocycles. The van der Waals surface area contributed by atoms with E-state index in [1.807, 2.05) is 5.51 Å². The Kier molecular flexibility index (Phi) is 3.21. The molecule has 1 aromatic heterocycles. The van der Waals surface area contributed by atoms with Crippen molar-refractivity contribution in [2.75, 3.05) is 4.72 Å². The number of nitrogens with zero attached hydrogens (tertiary/aromatic N) is 1. The van der Waals surface area contributed by atoms with Crippen LogP contribution in [0.15, 0.2) is 52.9 Å². The number of benzene rings is 2. The summed E-state index contributed by atoms with van der Waals surface area (Å²) in [5.74, 6) is 0. The quantitative estimate of drug-likeness (QED) is 0.698. The lowest BCUT2D eigenvalue weighted by Crippen LogP contribution is -1.87. The molecule has 0 unspecified atom stereocenters. The van der Waals surface area contributed by atoms with Gasteiger partial charge in [-0.25, -0.2) is 4.98 Å². The number of hydrogen-bond donors (Lipinski definition) is 1. The highest BCUT2D eigenvalue weighted by atomic mass is 32.2. The van der Waals surface area contributed by atoms with Crippen LogP contribution >= 0.6 is 23.3 Å². The summed E-state index contributed by atoms with van der Waals surface area (Å²) in [5, 5.41) is 0. The van der Waals surface area contributed by atoms with Gasteiger partial charge in [0.1, 0.15) is 0 Å². The Labute approximate surface area is 114 Å². The van der Waals surface area contributed by atoms with Crippen LogP contribution in [0.3, 0.4) is 0 Å². The van der Waals surface area contributed by atoms with E-state index in [2.05, 4.69) is 59.1 Å². The van der Waals surface area contributed by atoms with Crippen molar-refractivity contribution >= 4 is 39.2 Å². The fraction of sp³-hybridized carbons (Fsp3) is 0.0714. The summed E-state index contributed by atoms with van der Waals surface area (Å²) < 4.78 is 4.58. The molecule has 3 aromatic rings. The van der Waals surface area contributed by atoms with E-state index in [9.17, 15) is 0 Å². The second kappa shape index (κ2) is 5.00. The van der Waals surface area contributed by atoms with Gasteiger partial charge in [0.2, 0.25) is 0 Å². The molecule has 0 radical (unpaired) electrons. The van der Waals surface area contributed by atoms with Crippen molar-refractivity contribution in [3.05, 3.63) is 53.5 Å². The average molecular weight is 272 g/mol. The van der Waals surface area contributed by atoms with Crippen LogP contribution in [0, 0.1) is 6.92 Å². The van der Waals surface area contributed by atoms with Crippen LogP contribution in [-0.2, 0) is 0 Å². The minimum Gasteiger partial charge on any atom is -0.326 e. The fourth-order valence-electron chi connectivity index (χ4n) is 1.68. The van der Waals surface area contributed by atoms with Gasteiger partial charge in [-0.2, -0.15) is 0 Å². The Morgan fingerprint density at radius 2 is 1.94 bits per heavy atom. The summed E-state index contributed by atoms with van der Waals surface area (Å²) in [6.07, 6.45) is 0. The van der Waals surface area contributed by atoms with Crippen LogP contribution in [0.5, 0.6) is 0 Å². The van der Waals surface area contributed by atoms with Gasteiger partial charge in [0.25, 0.3) is 0 Å². The molecule has 4 heteroatoms. The van der Waals surface area contributed by atoms with Gasteiger partial charge in [-0.15, -0.1) is 11.3 Å². The first-order valence-electron chi connectivity index (χ1n) is 5.65. The number of fused-ring (bicyclic) bond motifs is 1. The Hall–Kier alpha value is -1.52. The smallest absolute Gasteiger partial charge is 0.0965 e. The van der Waals surface area contributed by atoms with E-state index in [4.69, 9.17) is 0 Å². The molecule has 0 aliphatic rings. The molecule has 3 rings (SSSR count). The Morgan fingerprint density at radius 3 is 2.78 bits per heavy atom. The summed E-state index contributed by atoms with van der Waals surface area (Å²) in [5.41, 5.74) is 5.35. The molecule has 1 heterocycles. The Morgan fingerprint density at radius 1 is 1.11 bits per heavy atom. The van der Waals surface area contributed by atoms with E-state index >= 15 is 0 Å². The normalized spacial score (nSPS) is 10.7. The van der Waals surface area contributed by atoms with Gasteiger partial charge in [-0.05, 0) is 43.1 Å². The van der Waals surface area contributed by atoms with Gasteiger partial charge in [0.15, 0.2) is 0 Å². The Bertz CT molecular complexity index is 659. The van der Waals surface area contributed by atoms with Gasteiger partial charge in [0, 0.05) is 5.69 Å². The first kappa shape index (κ1) is 11.6. The molecule has 0 saturated carbocycles. The van der Waals surface area contributed by atoms with Crippen molar-refractivity contribution in [3.8, 4) is 0 Å². The molecule has 0 spiro atoms. The highest BCUT2D eigenvalue weighted by Gasteiger charge is 2.04. The maximum atomic E-state index is 4.40. The standard InChI is InChI=1S/C14H12N2S2/c1-10-5-7-11(8-6-10)16-18-13-4-2-3-12-14(13)15-9-17-12/h2-9,16H,1H3. The topological polar surface area (TPSA) is 24.9 Å². The maximum absolute atomic E-state index is 4.40. The van der Waals surface area contributed by atoms with Crippen LogP contribution in [0.2, 0.25) is 0 Å². The molecule has 0 amide bonds. The molecule has 0 aliphatic carbocycles. The molecule has 1 N–H and O–H groups in total. The Balaban J connectivity index is 1.80. The van der Waals surface area contributed by atoms with Crippen LogP contribution < -0.4 is 4.72 Å². The highest BCUT2D eigenvalue weighted by molar-refractivity contribution is 8.00. The molecule has 0 fully saturated rings. The molecule has 90 valence electrons. The molecule has 0 aliphatic heterocycles. The van der Waals surface area contributed by atoms with E-state index in [1.54, 1.807) is 23.3 Å². The summed E-state index contributed by atoms with van der Waals surface area (Å²) in [4.78, 5) is 5.56. The predicted molar refractivity (Wildman–Crippen MR) is 80.3 cm³/mol. The monoisotopic (exact) mass is 272 g/mol. The third kappa shape index (κ3) is 2.35. The molecular formula is C14H12N2S2. The van der Waals surface area contributed by atoms with Crippen molar-refractivity contribution < 1.29 is 0 Å². The molecule has 0 atom stereocenters. The molecule has 0 bridgehead atoms. The summed E-state index contributed by atoms with van der Waals surface area (Å²) in [6, 6.07) is 14.6. The van der Waals surface area contributed by atoms with E-state index in [1.165, 1.54) is 10.3 Å². The lowest BCUT2D eigenvalue weighted by Gasteiger charge is -2.06. The van der Waals surface area contributed by atoms with Crippen LogP contribution in [0.4, 0.5) is 5.69 Å². The number of aryl methyl sites for hydroxylation is 1. The predicted octanol–water partition coefficient (Wildman–Crippen LogP) is 4.72. The zero-order valence-electron chi connectivity index (χ0n) is 9.88. The SMILES string of the molecule is Cc1ccc(NSc2cccc3scnc23)cc1. The molecule has 2 nitrogen and oxygen atoms in total. The van der Waals surface area contributed by atoms with Gasteiger partial charge in [-0.3, -0.25) is 0 Å². The zero-order chi connectivity index (χ0) is 12.4. The van der Waals surface area contributed by atoms with Crippen molar-refractivity contribution in [1.82, 2.24) is 4.98 Å². The van der Waals surface area contributed by atoms with Crippen LogP contribution in [-0.4, -0.2) is 4.98 Å². The van der Waals surface area contributed by atoms with Crippen molar-refractivity contribution in [1.29, 1.82) is 0 Å². The van der Waals surface area contributed by atoms with E-state index in [-0.39, 0.29) is 0 Å². The fourth-order valence-corrected chi connectivity index (χ4v) is 3.22. The number of aromatic nitrogens is 1. The zero-order valence-corrected chi connectivity index (χ0v) is 11.5. The van der Waals surface area contributed by atoms with E-state index < -0.39 is 0 Å². The maximum Gasteiger partial charge on any atom is 0.0965 e. The highest BCUT2D eigenvalue weighted by Crippen LogP contribution is 2.29. The number of thiazole rings is 1. The van der Waals surface area contributed by atoms with Gasteiger partial charge in [0.05, 0.1) is 20.6 Å². The van der Waals surface area contributed by atoms with Crippen molar-refractivity contribution in [2.45, 2.75) is 11.8 Å². The second-order valence-electron chi connectivity index (χ2n) is 4.03. The summed E-state index contributed by atoms with van der Waals surface area (Å²) in [6.45, 7) is 2.09. The third-order valence-electron chi connectivity index (χ3n) is 2.65. The van der Waals surface area contributed by atoms with Crippen LogP contribution in [0.1, 0.15) is 5.56 Å². The van der Waals surface area contributed by atoms with Gasteiger partial charge >= 0.3 is 0 Å². The second-order valence-corrected chi connectivity index (χ2v) is 5.76.